The maximum Gasteiger partial charge on any atom is 0.251 e. The van der Waals surface area contributed by atoms with E-state index in [0.717, 1.165) is 18.8 Å². The van der Waals surface area contributed by atoms with Crippen LogP contribution in [-0.4, -0.2) is 48.9 Å². The molecule has 146 valence electrons. The molecule has 4 rings (SSSR count). The Labute approximate surface area is 178 Å². The van der Waals surface area contributed by atoms with Crippen LogP contribution in [-0.2, 0) is 9.59 Å². The van der Waals surface area contributed by atoms with Gasteiger partial charge in [-0.25, -0.2) is 4.90 Å². The maximum absolute atomic E-state index is 12.9. The summed E-state index contributed by atoms with van der Waals surface area (Å²) >= 11 is 18.0. The summed E-state index contributed by atoms with van der Waals surface area (Å²) in [5, 5.41) is 1.62. The minimum Gasteiger partial charge on any atom is -0.369 e. The number of nitrogens with zero attached hydrogens (tertiary/aromatic N) is 3. The molecule has 0 aliphatic carbocycles. The van der Waals surface area contributed by atoms with E-state index in [9.17, 15) is 9.59 Å². The lowest BCUT2D eigenvalue weighted by molar-refractivity contribution is -0.123. The van der Waals surface area contributed by atoms with Gasteiger partial charge >= 0.3 is 0 Å². The van der Waals surface area contributed by atoms with Crippen LogP contribution in [0.25, 0.3) is 0 Å². The number of benzene rings is 2. The SMILES string of the molecule is O=C1C[C@@H](N2CCN(c3ccc(Cl)c(Cl)c3)CC2)C(=O)N1c1ccc(Cl)cc1. The monoisotopic (exact) mass is 437 g/mol. The average Bonchev–Trinajstić information content (AvgIpc) is 2.99. The molecule has 0 N–H and O–H groups in total. The maximum atomic E-state index is 12.9. The van der Waals surface area contributed by atoms with Crippen molar-refractivity contribution in [3.05, 3.63) is 57.5 Å². The molecule has 5 nitrogen and oxygen atoms in total. The Hall–Kier alpha value is -1.79. The van der Waals surface area contributed by atoms with Crippen LogP contribution in [0.5, 0.6) is 0 Å². The van der Waals surface area contributed by atoms with Gasteiger partial charge in [0.2, 0.25) is 5.91 Å². The molecule has 2 heterocycles. The molecule has 2 amide bonds. The van der Waals surface area contributed by atoms with Crippen molar-refractivity contribution in [3.8, 4) is 0 Å². The van der Waals surface area contributed by atoms with Crippen molar-refractivity contribution in [2.75, 3.05) is 36.0 Å². The van der Waals surface area contributed by atoms with E-state index in [4.69, 9.17) is 34.8 Å². The standard InChI is InChI=1S/C20H18Cl3N3O2/c21-13-1-3-14(4-2-13)26-19(27)12-18(20(26)28)25-9-7-24(8-10-25)15-5-6-16(22)17(23)11-15/h1-6,11,18H,7-10,12H2/t18-/m1/s1. The number of rotatable bonds is 3. The number of carbonyl (C=O) groups is 2. The quantitative estimate of drug-likeness (QED) is 0.677. The van der Waals surface area contributed by atoms with Gasteiger partial charge in [-0.05, 0) is 42.5 Å². The summed E-state index contributed by atoms with van der Waals surface area (Å²) < 4.78 is 0. The van der Waals surface area contributed by atoms with Gasteiger partial charge in [0, 0.05) is 36.9 Å². The van der Waals surface area contributed by atoms with E-state index in [1.165, 1.54) is 4.90 Å². The predicted octanol–water partition coefficient (Wildman–Crippen LogP) is 4.10. The van der Waals surface area contributed by atoms with E-state index in [1.807, 2.05) is 12.1 Å². The molecular weight excluding hydrogens is 421 g/mol. The minimum absolute atomic E-state index is 0.171. The first-order chi connectivity index (χ1) is 13.4. The molecule has 1 atom stereocenters. The Morgan fingerprint density at radius 1 is 0.786 bits per heavy atom. The van der Waals surface area contributed by atoms with Crippen molar-refractivity contribution < 1.29 is 9.59 Å². The van der Waals surface area contributed by atoms with Crippen LogP contribution in [0.3, 0.4) is 0 Å². The number of amides is 2. The molecule has 0 radical (unpaired) electrons. The molecule has 0 aromatic heterocycles. The zero-order valence-corrected chi connectivity index (χ0v) is 17.2. The van der Waals surface area contributed by atoms with Crippen LogP contribution in [0.15, 0.2) is 42.5 Å². The van der Waals surface area contributed by atoms with Crippen molar-refractivity contribution in [1.82, 2.24) is 4.90 Å². The number of imide groups is 1. The van der Waals surface area contributed by atoms with E-state index in [1.54, 1.807) is 30.3 Å². The Morgan fingerprint density at radius 2 is 1.43 bits per heavy atom. The number of carbonyl (C=O) groups excluding carboxylic acids is 2. The minimum atomic E-state index is -0.417. The lowest BCUT2D eigenvalue weighted by Gasteiger charge is -2.38. The highest BCUT2D eigenvalue weighted by molar-refractivity contribution is 6.42. The highest BCUT2D eigenvalue weighted by Gasteiger charge is 2.43. The van der Waals surface area contributed by atoms with Crippen LogP contribution in [0.4, 0.5) is 11.4 Å². The second-order valence-electron chi connectivity index (χ2n) is 6.89. The first kappa shape index (κ1) is 19.5. The van der Waals surface area contributed by atoms with Crippen LogP contribution in [0.2, 0.25) is 15.1 Å². The zero-order valence-electron chi connectivity index (χ0n) is 14.9. The number of halogens is 3. The van der Waals surface area contributed by atoms with Crippen LogP contribution < -0.4 is 9.80 Å². The average molecular weight is 439 g/mol. The van der Waals surface area contributed by atoms with Gasteiger partial charge < -0.3 is 4.90 Å². The summed E-state index contributed by atoms with van der Waals surface area (Å²) in [5.74, 6) is -0.348. The lowest BCUT2D eigenvalue weighted by Crippen LogP contribution is -2.52. The molecule has 0 saturated carbocycles. The molecule has 8 heteroatoms. The second kappa shape index (κ2) is 7.91. The first-order valence-electron chi connectivity index (χ1n) is 9.00. The van der Waals surface area contributed by atoms with E-state index in [2.05, 4.69) is 9.80 Å². The Bertz CT molecular complexity index is 911. The third-order valence-electron chi connectivity index (χ3n) is 5.23. The van der Waals surface area contributed by atoms with Crippen molar-refractivity contribution in [2.24, 2.45) is 0 Å². The van der Waals surface area contributed by atoms with Gasteiger partial charge in [0.05, 0.1) is 28.2 Å². The summed E-state index contributed by atoms with van der Waals surface area (Å²) in [5.41, 5.74) is 1.57. The molecular formula is C20H18Cl3N3O2. The second-order valence-corrected chi connectivity index (χ2v) is 8.14. The van der Waals surface area contributed by atoms with E-state index in [0.29, 0.717) is 33.8 Å². The number of hydrogen-bond donors (Lipinski definition) is 0. The van der Waals surface area contributed by atoms with Crippen LogP contribution >= 0.6 is 34.8 Å². The molecule has 2 aliphatic rings. The molecule has 2 saturated heterocycles. The van der Waals surface area contributed by atoms with Crippen molar-refractivity contribution in [1.29, 1.82) is 0 Å². The van der Waals surface area contributed by atoms with E-state index >= 15 is 0 Å². The number of hydrogen-bond acceptors (Lipinski definition) is 4. The van der Waals surface area contributed by atoms with Gasteiger partial charge in [-0.3, -0.25) is 14.5 Å². The summed E-state index contributed by atoms with van der Waals surface area (Å²) in [7, 11) is 0. The van der Waals surface area contributed by atoms with Crippen LogP contribution in [0, 0.1) is 0 Å². The highest BCUT2D eigenvalue weighted by Crippen LogP contribution is 2.30. The van der Waals surface area contributed by atoms with Gasteiger partial charge in [-0.15, -0.1) is 0 Å². The summed E-state index contributed by atoms with van der Waals surface area (Å²) in [6, 6.07) is 11.9. The van der Waals surface area contributed by atoms with Crippen molar-refractivity contribution in [3.63, 3.8) is 0 Å². The topological polar surface area (TPSA) is 43.9 Å². The molecule has 2 aromatic carbocycles. The fourth-order valence-electron chi connectivity index (χ4n) is 3.74. The normalized spacial score (nSPS) is 20.9. The molecule has 0 bridgehead atoms. The summed E-state index contributed by atoms with van der Waals surface area (Å²) in [6.45, 7) is 2.88. The largest absolute Gasteiger partial charge is 0.369 e. The lowest BCUT2D eigenvalue weighted by atomic mass is 10.1. The Balaban J connectivity index is 1.43. The third kappa shape index (κ3) is 3.72. The zero-order chi connectivity index (χ0) is 19.8. The molecule has 2 fully saturated rings. The smallest absolute Gasteiger partial charge is 0.251 e. The fourth-order valence-corrected chi connectivity index (χ4v) is 4.15. The molecule has 2 aliphatic heterocycles. The van der Waals surface area contributed by atoms with Gasteiger partial charge in [0.25, 0.3) is 5.91 Å². The number of anilines is 2. The van der Waals surface area contributed by atoms with Gasteiger partial charge in [-0.1, -0.05) is 34.8 Å². The molecule has 0 spiro atoms. The number of piperazine rings is 1. The summed E-state index contributed by atoms with van der Waals surface area (Å²) in [4.78, 5) is 31.0. The first-order valence-corrected chi connectivity index (χ1v) is 10.1. The predicted molar refractivity (Wildman–Crippen MR) is 113 cm³/mol. The van der Waals surface area contributed by atoms with Crippen LogP contribution in [0.1, 0.15) is 6.42 Å². The third-order valence-corrected chi connectivity index (χ3v) is 6.22. The summed E-state index contributed by atoms with van der Waals surface area (Å²) in [6.07, 6.45) is 0.203. The Morgan fingerprint density at radius 3 is 2.07 bits per heavy atom. The van der Waals surface area contributed by atoms with Crippen molar-refractivity contribution >= 4 is 58.0 Å². The fraction of sp³-hybridized carbons (Fsp3) is 0.300. The van der Waals surface area contributed by atoms with Crippen molar-refractivity contribution in [2.45, 2.75) is 12.5 Å². The highest BCUT2D eigenvalue weighted by atomic mass is 35.5. The molecule has 0 unspecified atom stereocenters. The van der Waals surface area contributed by atoms with E-state index in [-0.39, 0.29) is 18.2 Å². The molecule has 28 heavy (non-hydrogen) atoms. The van der Waals surface area contributed by atoms with E-state index < -0.39 is 6.04 Å². The van der Waals surface area contributed by atoms with Gasteiger partial charge in [0.1, 0.15) is 0 Å². The van der Waals surface area contributed by atoms with Gasteiger partial charge in [0.15, 0.2) is 0 Å². The Kier molecular flexibility index (Phi) is 5.52. The van der Waals surface area contributed by atoms with Gasteiger partial charge in [-0.2, -0.15) is 0 Å². The molecule has 2 aromatic rings.